The molecule has 1 saturated carbocycles. The second-order valence-corrected chi connectivity index (χ2v) is 4.51. The first kappa shape index (κ1) is 8.20. The molecule has 0 aliphatic heterocycles. The van der Waals surface area contributed by atoms with E-state index in [1.165, 1.54) is 11.5 Å². The van der Waals surface area contributed by atoms with Crippen LogP contribution in [0, 0.1) is 0 Å². The molecule has 0 spiro atoms. The zero-order valence-electron chi connectivity index (χ0n) is 7.16. The molecule has 12 heavy (non-hydrogen) atoms. The molecule has 0 aromatic carbocycles. The highest BCUT2D eigenvalue weighted by Crippen LogP contribution is 2.40. The molecule has 2 nitrogen and oxygen atoms in total. The van der Waals surface area contributed by atoms with Gasteiger partial charge in [-0.1, -0.05) is 6.92 Å². The Hall–Kier alpha value is -0.410. The van der Waals surface area contributed by atoms with Crippen molar-refractivity contribution in [2.45, 2.75) is 37.7 Å². The molecule has 0 saturated heterocycles. The van der Waals surface area contributed by atoms with Crippen LogP contribution in [0.2, 0.25) is 0 Å². The van der Waals surface area contributed by atoms with Crippen molar-refractivity contribution in [3.63, 3.8) is 0 Å². The van der Waals surface area contributed by atoms with Crippen LogP contribution >= 0.6 is 11.5 Å². The van der Waals surface area contributed by atoms with Crippen LogP contribution in [0.15, 0.2) is 11.4 Å². The fourth-order valence-corrected chi connectivity index (χ4v) is 2.61. The van der Waals surface area contributed by atoms with E-state index in [1.54, 1.807) is 0 Å². The highest BCUT2D eigenvalue weighted by molar-refractivity contribution is 7.03. The number of aromatic nitrogens is 1. The minimum absolute atomic E-state index is 0.114. The van der Waals surface area contributed by atoms with E-state index >= 15 is 0 Å². The minimum atomic E-state index is -0.114. The van der Waals surface area contributed by atoms with Crippen molar-refractivity contribution in [2.24, 2.45) is 0 Å². The Balaban J connectivity index is 2.23. The lowest BCUT2D eigenvalue weighted by atomic mass is 9.85. The van der Waals surface area contributed by atoms with Crippen LogP contribution < -0.4 is 0 Å². The average Bonchev–Trinajstić information content (AvgIpc) is 2.59. The molecule has 0 radical (unpaired) electrons. The largest absolute Gasteiger partial charge is 0.393 e. The first-order valence-electron chi connectivity index (χ1n) is 4.30. The van der Waals surface area contributed by atoms with E-state index in [0.29, 0.717) is 0 Å². The van der Waals surface area contributed by atoms with E-state index in [1.807, 2.05) is 5.38 Å². The van der Waals surface area contributed by atoms with Crippen LogP contribution in [-0.4, -0.2) is 15.6 Å². The molecule has 66 valence electrons. The molecule has 1 fully saturated rings. The smallest absolute Gasteiger partial charge is 0.0602 e. The summed E-state index contributed by atoms with van der Waals surface area (Å²) in [5.74, 6) is 0. The monoisotopic (exact) mass is 183 g/mol. The second-order valence-electron chi connectivity index (χ2n) is 3.84. The fraction of sp³-hybridized carbons (Fsp3) is 0.667. The van der Waals surface area contributed by atoms with Crippen molar-refractivity contribution in [2.75, 3.05) is 0 Å². The molecule has 1 aromatic rings. The predicted octanol–water partition coefficient (Wildman–Crippen LogP) is 1.95. The van der Waals surface area contributed by atoms with E-state index < -0.39 is 0 Å². The first-order chi connectivity index (χ1) is 5.71. The van der Waals surface area contributed by atoms with Gasteiger partial charge in [0.15, 0.2) is 0 Å². The lowest BCUT2D eigenvalue weighted by molar-refractivity contribution is 0.175. The van der Waals surface area contributed by atoms with Gasteiger partial charge in [0.1, 0.15) is 0 Å². The van der Waals surface area contributed by atoms with Crippen molar-refractivity contribution in [3.8, 4) is 0 Å². The summed E-state index contributed by atoms with van der Waals surface area (Å²) in [5.41, 5.74) is 1.29. The molecule has 1 aromatic heterocycles. The molecule has 2 rings (SSSR count). The zero-order chi connectivity index (χ0) is 8.60. The van der Waals surface area contributed by atoms with Gasteiger partial charge in [0.25, 0.3) is 0 Å². The Morgan fingerprint density at radius 1 is 1.75 bits per heavy atom. The summed E-state index contributed by atoms with van der Waals surface area (Å²) < 4.78 is 4.34. The van der Waals surface area contributed by atoms with Crippen LogP contribution in [0.4, 0.5) is 0 Å². The molecule has 0 amide bonds. The SMILES string of the molecule is CC1(c2ccsn2)CCC(O)C1. The Labute approximate surface area is 76.4 Å². The van der Waals surface area contributed by atoms with E-state index in [0.717, 1.165) is 25.0 Å². The molecule has 1 aliphatic rings. The van der Waals surface area contributed by atoms with Crippen LogP contribution in [0.25, 0.3) is 0 Å². The first-order valence-corrected chi connectivity index (χ1v) is 5.13. The summed E-state index contributed by atoms with van der Waals surface area (Å²) in [5, 5.41) is 11.4. The summed E-state index contributed by atoms with van der Waals surface area (Å²) in [6.07, 6.45) is 2.75. The number of hydrogen-bond donors (Lipinski definition) is 1. The molecular formula is C9H13NOS. The number of aliphatic hydroxyl groups is 1. The number of nitrogens with zero attached hydrogens (tertiary/aromatic N) is 1. The van der Waals surface area contributed by atoms with E-state index in [2.05, 4.69) is 17.4 Å². The number of rotatable bonds is 1. The van der Waals surface area contributed by atoms with Crippen molar-refractivity contribution in [3.05, 3.63) is 17.1 Å². The minimum Gasteiger partial charge on any atom is -0.393 e. The third kappa shape index (κ3) is 1.27. The average molecular weight is 183 g/mol. The third-order valence-electron chi connectivity index (χ3n) is 2.77. The van der Waals surface area contributed by atoms with Crippen molar-refractivity contribution >= 4 is 11.5 Å². The number of aliphatic hydroxyl groups excluding tert-OH is 1. The van der Waals surface area contributed by atoms with Gasteiger partial charge >= 0.3 is 0 Å². The van der Waals surface area contributed by atoms with Crippen molar-refractivity contribution in [1.29, 1.82) is 0 Å². The Morgan fingerprint density at radius 2 is 2.58 bits per heavy atom. The van der Waals surface area contributed by atoms with Crippen LogP contribution in [0.5, 0.6) is 0 Å². The molecule has 3 heteroatoms. The summed E-state index contributed by atoms with van der Waals surface area (Å²) in [6, 6.07) is 2.07. The molecule has 1 N–H and O–H groups in total. The summed E-state index contributed by atoms with van der Waals surface area (Å²) in [7, 11) is 0. The normalized spacial score (nSPS) is 35.7. The fourth-order valence-electron chi connectivity index (χ4n) is 1.97. The molecule has 2 unspecified atom stereocenters. The number of hydrogen-bond acceptors (Lipinski definition) is 3. The quantitative estimate of drug-likeness (QED) is 0.722. The van der Waals surface area contributed by atoms with Gasteiger partial charge in [0, 0.05) is 10.8 Å². The molecule has 2 atom stereocenters. The van der Waals surface area contributed by atoms with Crippen molar-refractivity contribution < 1.29 is 5.11 Å². The maximum atomic E-state index is 9.44. The molecule has 1 heterocycles. The lowest BCUT2D eigenvalue weighted by Gasteiger charge is -2.20. The van der Waals surface area contributed by atoms with E-state index in [9.17, 15) is 5.11 Å². The van der Waals surface area contributed by atoms with E-state index in [4.69, 9.17) is 0 Å². The van der Waals surface area contributed by atoms with Gasteiger partial charge in [-0.2, -0.15) is 4.37 Å². The van der Waals surface area contributed by atoms with Gasteiger partial charge in [0.05, 0.1) is 11.8 Å². The van der Waals surface area contributed by atoms with E-state index in [-0.39, 0.29) is 11.5 Å². The van der Waals surface area contributed by atoms with Gasteiger partial charge in [0.2, 0.25) is 0 Å². The Morgan fingerprint density at radius 3 is 3.08 bits per heavy atom. The third-order valence-corrected chi connectivity index (χ3v) is 3.33. The van der Waals surface area contributed by atoms with Gasteiger partial charge < -0.3 is 5.11 Å². The summed E-state index contributed by atoms with van der Waals surface area (Å²) in [6.45, 7) is 2.19. The topological polar surface area (TPSA) is 33.1 Å². The summed E-state index contributed by atoms with van der Waals surface area (Å²) in [4.78, 5) is 0. The zero-order valence-corrected chi connectivity index (χ0v) is 7.97. The summed E-state index contributed by atoms with van der Waals surface area (Å²) >= 11 is 1.49. The molecule has 1 aliphatic carbocycles. The van der Waals surface area contributed by atoms with Crippen molar-refractivity contribution in [1.82, 2.24) is 4.37 Å². The van der Waals surface area contributed by atoms with Crippen LogP contribution in [0.3, 0.4) is 0 Å². The highest BCUT2D eigenvalue weighted by Gasteiger charge is 2.36. The molecule has 0 bridgehead atoms. The lowest BCUT2D eigenvalue weighted by Crippen LogP contribution is -2.18. The maximum Gasteiger partial charge on any atom is 0.0602 e. The van der Waals surface area contributed by atoms with Gasteiger partial charge in [-0.15, -0.1) is 0 Å². The van der Waals surface area contributed by atoms with Gasteiger partial charge in [-0.25, -0.2) is 0 Å². The predicted molar refractivity (Wildman–Crippen MR) is 49.3 cm³/mol. The van der Waals surface area contributed by atoms with Gasteiger partial charge in [-0.05, 0) is 36.9 Å². The highest BCUT2D eigenvalue weighted by atomic mass is 32.1. The van der Waals surface area contributed by atoms with Gasteiger partial charge in [-0.3, -0.25) is 0 Å². The second kappa shape index (κ2) is 2.82. The van der Waals surface area contributed by atoms with Crippen LogP contribution in [0.1, 0.15) is 31.9 Å². The Kier molecular flexibility index (Phi) is 1.93. The van der Waals surface area contributed by atoms with Crippen LogP contribution in [-0.2, 0) is 5.41 Å². The molecular weight excluding hydrogens is 170 g/mol. The maximum absolute atomic E-state index is 9.44. The Bertz CT molecular complexity index is 260. The standard InChI is InChI=1S/C9H13NOS/c1-9(4-2-7(11)6-9)8-3-5-12-10-8/h3,5,7,11H,2,4,6H2,1H3.